The first-order valence-corrected chi connectivity index (χ1v) is 12.6. The number of carbonyl (C=O) groups excluding carboxylic acids is 1. The lowest BCUT2D eigenvalue weighted by Gasteiger charge is -2.28. The average Bonchev–Trinajstić information content (AvgIpc) is 3.62. The molecule has 1 aromatic carbocycles. The predicted octanol–water partition coefficient (Wildman–Crippen LogP) is 3.15. The lowest BCUT2D eigenvalue weighted by atomic mass is 10.0. The molecule has 10 heteroatoms. The lowest BCUT2D eigenvalue weighted by molar-refractivity contribution is 0.0720. The third-order valence-corrected chi connectivity index (χ3v) is 7.34. The number of fused-ring (bicyclic) bond motifs is 1. The van der Waals surface area contributed by atoms with Crippen molar-refractivity contribution in [1.29, 1.82) is 0 Å². The molecule has 0 spiro atoms. The third kappa shape index (κ3) is 4.01. The van der Waals surface area contributed by atoms with Crippen LogP contribution in [0.25, 0.3) is 17.2 Å². The van der Waals surface area contributed by atoms with Crippen molar-refractivity contribution in [2.75, 3.05) is 19.6 Å². The molecule has 10 nitrogen and oxygen atoms in total. The van der Waals surface area contributed by atoms with Gasteiger partial charge in [0.1, 0.15) is 17.8 Å². The molecule has 0 atom stereocenters. The van der Waals surface area contributed by atoms with Gasteiger partial charge in [0.2, 0.25) is 0 Å². The Morgan fingerprint density at radius 1 is 1.08 bits per heavy atom. The minimum atomic E-state index is -0.0937. The third-order valence-electron chi connectivity index (χ3n) is 7.34. The number of hydrogen-bond acceptors (Lipinski definition) is 7. The van der Waals surface area contributed by atoms with E-state index in [1.54, 1.807) is 6.33 Å². The van der Waals surface area contributed by atoms with Gasteiger partial charge in [-0.3, -0.25) is 18.9 Å². The first kappa shape index (κ1) is 22.7. The first-order chi connectivity index (χ1) is 17.6. The maximum atomic E-state index is 13.7. The number of piperidine rings is 1. The van der Waals surface area contributed by atoms with Gasteiger partial charge in [0.25, 0.3) is 5.91 Å². The zero-order chi connectivity index (χ0) is 24.6. The van der Waals surface area contributed by atoms with E-state index in [1.807, 2.05) is 58.5 Å². The summed E-state index contributed by atoms with van der Waals surface area (Å²) >= 11 is 0. The molecule has 5 heterocycles. The summed E-state index contributed by atoms with van der Waals surface area (Å²) in [5.41, 5.74) is 5.15. The van der Waals surface area contributed by atoms with Gasteiger partial charge in [0.05, 0.1) is 6.54 Å². The van der Waals surface area contributed by atoms with Gasteiger partial charge in [-0.2, -0.15) is 5.10 Å². The minimum Gasteiger partial charge on any atom is -0.361 e. The molecular weight excluding hydrogens is 456 g/mol. The number of rotatable bonds is 5. The lowest BCUT2D eigenvalue weighted by Crippen LogP contribution is -2.37. The van der Waals surface area contributed by atoms with E-state index in [0.717, 1.165) is 47.1 Å². The summed E-state index contributed by atoms with van der Waals surface area (Å²) in [6, 6.07) is 9.96. The Hall–Kier alpha value is -3.79. The van der Waals surface area contributed by atoms with E-state index in [9.17, 15) is 4.79 Å². The molecular formula is C26H30N8O2. The van der Waals surface area contributed by atoms with Crippen LogP contribution in [-0.2, 0) is 26.6 Å². The molecule has 2 aliphatic heterocycles. The standard InChI is InChI=1S/C26H30N8O2/c1-18-20(15-32-12-7-4-8-13-32)24(30-36-18)26(35)33-14-11-22-21(16-33)23(29-31(22)2)25-28-27-17-34(25)19-9-5-3-6-10-19/h3,5-6,9-10,17H,4,7-8,11-16H2,1-2H3. The Bertz CT molecular complexity index is 1380. The Morgan fingerprint density at radius 3 is 2.69 bits per heavy atom. The summed E-state index contributed by atoms with van der Waals surface area (Å²) in [5, 5.41) is 17.6. The Labute approximate surface area is 209 Å². The van der Waals surface area contributed by atoms with Crippen LogP contribution in [0.1, 0.15) is 52.3 Å². The second-order valence-corrected chi connectivity index (χ2v) is 9.64. The molecule has 1 saturated heterocycles. The van der Waals surface area contributed by atoms with Gasteiger partial charge in [0.15, 0.2) is 11.5 Å². The fourth-order valence-corrected chi connectivity index (χ4v) is 5.36. The fourth-order valence-electron chi connectivity index (χ4n) is 5.36. The molecule has 0 aliphatic carbocycles. The van der Waals surface area contributed by atoms with E-state index in [-0.39, 0.29) is 5.91 Å². The number of para-hydroxylation sites is 1. The highest BCUT2D eigenvalue weighted by Gasteiger charge is 2.32. The van der Waals surface area contributed by atoms with Crippen molar-refractivity contribution in [2.45, 2.75) is 45.7 Å². The number of amides is 1. The molecule has 1 amide bonds. The highest BCUT2D eigenvalue weighted by molar-refractivity contribution is 5.94. The number of aromatic nitrogens is 6. The Kier molecular flexibility index (Phi) is 5.88. The number of benzene rings is 1. The number of nitrogens with zero attached hydrogens (tertiary/aromatic N) is 8. The second kappa shape index (κ2) is 9.34. The van der Waals surface area contributed by atoms with Crippen molar-refractivity contribution in [1.82, 2.24) is 39.5 Å². The van der Waals surface area contributed by atoms with Gasteiger partial charge in [-0.05, 0) is 45.0 Å². The summed E-state index contributed by atoms with van der Waals surface area (Å²) in [6.45, 7) is 5.74. The van der Waals surface area contributed by atoms with Crippen molar-refractivity contribution >= 4 is 5.91 Å². The zero-order valence-corrected chi connectivity index (χ0v) is 20.7. The van der Waals surface area contributed by atoms with E-state index < -0.39 is 0 Å². The molecule has 1 fully saturated rings. The molecule has 36 heavy (non-hydrogen) atoms. The SMILES string of the molecule is Cc1onc(C(=O)N2CCc3c(c(-c4nncn4-c4ccccc4)nn3C)C2)c1CN1CCCCC1. The van der Waals surface area contributed by atoms with Gasteiger partial charge in [-0.15, -0.1) is 10.2 Å². The van der Waals surface area contributed by atoms with E-state index in [0.29, 0.717) is 37.6 Å². The predicted molar refractivity (Wildman–Crippen MR) is 132 cm³/mol. The molecule has 0 bridgehead atoms. The van der Waals surface area contributed by atoms with Crippen molar-refractivity contribution in [3.8, 4) is 17.2 Å². The molecule has 0 unspecified atom stereocenters. The van der Waals surface area contributed by atoms with Gasteiger partial charge in [-0.25, -0.2) is 0 Å². The van der Waals surface area contributed by atoms with Crippen LogP contribution in [0, 0.1) is 6.92 Å². The van der Waals surface area contributed by atoms with E-state index in [2.05, 4.69) is 20.3 Å². The van der Waals surface area contributed by atoms with E-state index in [1.165, 1.54) is 19.3 Å². The second-order valence-electron chi connectivity index (χ2n) is 9.64. The molecule has 186 valence electrons. The monoisotopic (exact) mass is 486 g/mol. The molecule has 3 aromatic heterocycles. The summed E-state index contributed by atoms with van der Waals surface area (Å²) in [4.78, 5) is 18.0. The number of likely N-dealkylation sites (tertiary alicyclic amines) is 1. The van der Waals surface area contributed by atoms with Crippen LogP contribution < -0.4 is 0 Å². The summed E-state index contributed by atoms with van der Waals surface area (Å²) in [7, 11) is 1.95. The van der Waals surface area contributed by atoms with Crippen molar-refractivity contribution < 1.29 is 9.32 Å². The maximum Gasteiger partial charge on any atom is 0.276 e. The number of hydrogen-bond donors (Lipinski definition) is 0. The van der Waals surface area contributed by atoms with Crippen LogP contribution in [0.5, 0.6) is 0 Å². The first-order valence-electron chi connectivity index (χ1n) is 12.6. The minimum absolute atomic E-state index is 0.0937. The van der Waals surface area contributed by atoms with Crippen molar-refractivity contribution in [3.05, 3.63) is 64.9 Å². The smallest absolute Gasteiger partial charge is 0.276 e. The number of aryl methyl sites for hydroxylation is 2. The van der Waals surface area contributed by atoms with E-state index >= 15 is 0 Å². The molecule has 0 saturated carbocycles. The van der Waals surface area contributed by atoms with Crippen molar-refractivity contribution in [3.63, 3.8) is 0 Å². The topological polar surface area (TPSA) is 98.1 Å². The van der Waals surface area contributed by atoms with Crippen LogP contribution in [0.2, 0.25) is 0 Å². The van der Waals surface area contributed by atoms with Gasteiger partial charge in [-0.1, -0.05) is 29.8 Å². The quantitative estimate of drug-likeness (QED) is 0.427. The van der Waals surface area contributed by atoms with Crippen LogP contribution in [-0.4, -0.2) is 65.0 Å². The molecule has 6 rings (SSSR count). The molecule has 4 aromatic rings. The van der Waals surface area contributed by atoms with Gasteiger partial charge < -0.3 is 9.42 Å². The van der Waals surface area contributed by atoms with Crippen LogP contribution >= 0.6 is 0 Å². The molecule has 2 aliphatic rings. The Morgan fingerprint density at radius 2 is 1.89 bits per heavy atom. The van der Waals surface area contributed by atoms with Crippen LogP contribution in [0.4, 0.5) is 0 Å². The zero-order valence-electron chi connectivity index (χ0n) is 20.7. The van der Waals surface area contributed by atoms with Crippen LogP contribution in [0.15, 0.2) is 41.2 Å². The van der Waals surface area contributed by atoms with Crippen molar-refractivity contribution in [2.24, 2.45) is 7.05 Å². The Balaban J connectivity index is 1.30. The highest BCUT2D eigenvalue weighted by Crippen LogP contribution is 2.31. The summed E-state index contributed by atoms with van der Waals surface area (Å²) in [5.74, 6) is 1.29. The normalized spacial score (nSPS) is 16.3. The van der Waals surface area contributed by atoms with Crippen LogP contribution in [0.3, 0.4) is 0 Å². The molecule has 0 radical (unpaired) electrons. The van der Waals surface area contributed by atoms with E-state index in [4.69, 9.17) is 9.62 Å². The number of carbonyl (C=O) groups is 1. The largest absolute Gasteiger partial charge is 0.361 e. The fraction of sp³-hybridized carbons (Fsp3) is 0.423. The summed E-state index contributed by atoms with van der Waals surface area (Å²) < 4.78 is 9.34. The van der Waals surface area contributed by atoms with Gasteiger partial charge in [0, 0.05) is 49.1 Å². The molecule has 0 N–H and O–H groups in total. The van der Waals surface area contributed by atoms with Gasteiger partial charge >= 0.3 is 0 Å². The maximum absolute atomic E-state index is 13.7. The highest BCUT2D eigenvalue weighted by atomic mass is 16.5. The average molecular weight is 487 g/mol. The summed E-state index contributed by atoms with van der Waals surface area (Å²) in [6.07, 6.45) is 6.07.